The summed E-state index contributed by atoms with van der Waals surface area (Å²) in [6.07, 6.45) is 73.5. The van der Waals surface area contributed by atoms with Crippen molar-refractivity contribution < 1.29 is 80.2 Å². The number of aliphatic hydroxyl groups excluding tert-OH is 1. The molecule has 0 aromatic rings. The Labute approximate surface area is 664 Å². The Morgan fingerprint density at radius 3 is 0.704 bits per heavy atom. The highest BCUT2D eigenvalue weighted by Gasteiger charge is 2.31. The van der Waals surface area contributed by atoms with Crippen LogP contribution in [0.3, 0.4) is 0 Å². The molecule has 0 fully saturated rings. The molecule has 0 aliphatic carbocycles. The third-order valence-corrected chi connectivity index (χ3v) is 23.2. The fraction of sp³-hybridized carbons (Fsp3) is 0.955. The molecular weight excluding hydrogens is 1400 g/mol. The topological polar surface area (TPSA) is 237 Å². The molecule has 0 spiro atoms. The van der Waals surface area contributed by atoms with Crippen molar-refractivity contribution in [1.29, 1.82) is 0 Å². The molecule has 19 heteroatoms. The van der Waals surface area contributed by atoms with Gasteiger partial charge in [-0.05, 0) is 37.5 Å². The minimum absolute atomic E-state index is 0.108. The van der Waals surface area contributed by atoms with E-state index in [1.54, 1.807) is 0 Å². The van der Waals surface area contributed by atoms with Crippen LogP contribution >= 0.6 is 15.6 Å². The molecule has 0 aromatic carbocycles. The number of carbonyl (C=O) groups excluding carboxylic acids is 4. The van der Waals surface area contributed by atoms with Crippen LogP contribution in [0.1, 0.15) is 478 Å². The molecule has 0 amide bonds. The average Bonchev–Trinajstić information content (AvgIpc) is 0.900. The number of phosphoric ester groups is 2. The summed E-state index contributed by atoms with van der Waals surface area (Å²) in [4.78, 5) is 73.4. The van der Waals surface area contributed by atoms with Crippen LogP contribution in [0.25, 0.3) is 0 Å². The predicted octanol–water partition coefficient (Wildman–Crippen LogP) is 27.4. The van der Waals surface area contributed by atoms with E-state index < -0.39 is 97.5 Å². The van der Waals surface area contributed by atoms with Crippen LogP contribution in [0.2, 0.25) is 0 Å². The fourth-order valence-corrected chi connectivity index (χ4v) is 15.5. The van der Waals surface area contributed by atoms with Crippen LogP contribution < -0.4 is 0 Å². The fourth-order valence-electron chi connectivity index (χ4n) is 13.9. The zero-order valence-electron chi connectivity index (χ0n) is 71.2. The normalized spacial score (nSPS) is 14.0. The number of phosphoric acid groups is 2. The first-order chi connectivity index (χ1) is 52.4. The summed E-state index contributed by atoms with van der Waals surface area (Å²) in [5.74, 6) is -0.452. The van der Waals surface area contributed by atoms with Gasteiger partial charge in [-0.15, -0.1) is 0 Å². The minimum Gasteiger partial charge on any atom is -0.462 e. The Morgan fingerprint density at radius 2 is 0.472 bits per heavy atom. The predicted molar refractivity (Wildman–Crippen MR) is 446 cm³/mol. The molecule has 0 heterocycles. The maximum absolute atomic E-state index is 13.2. The van der Waals surface area contributed by atoms with Gasteiger partial charge in [-0.3, -0.25) is 37.3 Å². The lowest BCUT2D eigenvalue weighted by Gasteiger charge is -2.21. The summed E-state index contributed by atoms with van der Waals surface area (Å²) in [6, 6.07) is 0. The summed E-state index contributed by atoms with van der Waals surface area (Å²) < 4.78 is 69.0. The lowest BCUT2D eigenvalue weighted by Crippen LogP contribution is -2.30. The Bertz CT molecular complexity index is 2070. The molecule has 3 N–H and O–H groups in total. The molecular formula is C89H174O17P2. The number of unbranched alkanes of at least 4 members (excludes halogenated alkanes) is 57. The van der Waals surface area contributed by atoms with E-state index in [0.717, 1.165) is 102 Å². The lowest BCUT2D eigenvalue weighted by atomic mass is 9.99. The molecule has 0 saturated heterocycles. The zero-order chi connectivity index (χ0) is 79.2. The maximum atomic E-state index is 13.2. The molecule has 0 bridgehead atoms. The van der Waals surface area contributed by atoms with E-state index in [-0.39, 0.29) is 25.7 Å². The SMILES string of the molecule is CCCCCCCCCCCCCCCCCCCCCCCC(=O)O[C@H](COC(=O)CCCCCCCCCCCCCCCCC(C)CC)COP(=O)(O)OC[C@@H](O)COP(=O)(O)OC[C@@H](COC(=O)CCCCCCCCCCCCCC)OC(=O)CCCCCCCCCCCCCCCCC(C)C. The first kappa shape index (κ1) is 106. The Balaban J connectivity index is 5.25. The van der Waals surface area contributed by atoms with Crippen molar-refractivity contribution >= 4 is 39.5 Å². The largest absolute Gasteiger partial charge is 0.472 e. The lowest BCUT2D eigenvalue weighted by molar-refractivity contribution is -0.161. The Kier molecular flexibility index (Phi) is 78.8. The third-order valence-electron chi connectivity index (χ3n) is 21.3. The first-order valence-corrected chi connectivity index (χ1v) is 49.0. The van der Waals surface area contributed by atoms with Gasteiger partial charge in [-0.1, -0.05) is 427 Å². The number of aliphatic hydroxyl groups is 1. The molecule has 3 unspecified atom stereocenters. The van der Waals surface area contributed by atoms with Crippen LogP contribution in [0.15, 0.2) is 0 Å². The van der Waals surface area contributed by atoms with Crippen molar-refractivity contribution in [3.8, 4) is 0 Å². The van der Waals surface area contributed by atoms with Crippen molar-refractivity contribution in [3.05, 3.63) is 0 Å². The third kappa shape index (κ3) is 80.7. The molecule has 6 atom stereocenters. The number of carbonyl (C=O) groups is 4. The number of rotatable bonds is 88. The van der Waals surface area contributed by atoms with Gasteiger partial charge >= 0.3 is 39.5 Å². The monoisotopic (exact) mass is 1580 g/mol. The Hall–Kier alpha value is -1.94. The highest BCUT2D eigenvalue weighted by atomic mass is 31.2. The molecule has 0 aromatic heterocycles. The second-order valence-corrected chi connectivity index (χ2v) is 35.6. The van der Waals surface area contributed by atoms with Crippen LogP contribution in [-0.2, 0) is 65.4 Å². The van der Waals surface area contributed by atoms with Gasteiger partial charge in [0.05, 0.1) is 26.4 Å². The summed E-state index contributed by atoms with van der Waals surface area (Å²) in [5, 5.41) is 10.7. The average molecular weight is 1580 g/mol. The number of hydrogen-bond acceptors (Lipinski definition) is 15. The van der Waals surface area contributed by atoms with Gasteiger partial charge in [0.2, 0.25) is 0 Å². The smallest absolute Gasteiger partial charge is 0.462 e. The van der Waals surface area contributed by atoms with E-state index in [2.05, 4.69) is 41.5 Å². The van der Waals surface area contributed by atoms with E-state index in [0.29, 0.717) is 25.7 Å². The summed E-state index contributed by atoms with van der Waals surface area (Å²) in [7, 11) is -9.93. The molecule has 108 heavy (non-hydrogen) atoms. The van der Waals surface area contributed by atoms with Crippen molar-refractivity contribution in [2.24, 2.45) is 11.8 Å². The molecule has 0 rings (SSSR count). The molecule has 642 valence electrons. The van der Waals surface area contributed by atoms with Crippen molar-refractivity contribution in [2.45, 2.75) is 496 Å². The van der Waals surface area contributed by atoms with Crippen molar-refractivity contribution in [2.75, 3.05) is 39.6 Å². The number of ether oxygens (including phenoxy) is 4. The zero-order valence-corrected chi connectivity index (χ0v) is 73.0. The summed E-state index contributed by atoms with van der Waals surface area (Å²) >= 11 is 0. The van der Waals surface area contributed by atoms with Gasteiger partial charge in [0.1, 0.15) is 19.3 Å². The first-order valence-electron chi connectivity index (χ1n) is 46.0. The minimum atomic E-state index is -4.97. The van der Waals surface area contributed by atoms with E-state index in [1.165, 1.54) is 295 Å². The summed E-state index contributed by atoms with van der Waals surface area (Å²) in [5.41, 5.74) is 0. The van der Waals surface area contributed by atoms with Crippen LogP contribution in [0.4, 0.5) is 0 Å². The Morgan fingerprint density at radius 1 is 0.269 bits per heavy atom. The number of hydrogen-bond donors (Lipinski definition) is 3. The van der Waals surface area contributed by atoms with Crippen molar-refractivity contribution in [3.63, 3.8) is 0 Å². The quantitative estimate of drug-likeness (QED) is 0.0222. The molecule has 0 aliphatic rings. The number of esters is 4. The van der Waals surface area contributed by atoms with Crippen LogP contribution in [0.5, 0.6) is 0 Å². The molecule has 17 nitrogen and oxygen atoms in total. The maximum Gasteiger partial charge on any atom is 0.472 e. The van der Waals surface area contributed by atoms with E-state index in [4.69, 9.17) is 37.0 Å². The van der Waals surface area contributed by atoms with Gasteiger partial charge < -0.3 is 33.8 Å². The van der Waals surface area contributed by atoms with Crippen LogP contribution in [-0.4, -0.2) is 96.7 Å². The standard InChI is InChI=1S/C89H174O17P2/c1-7-10-12-14-16-18-20-22-23-24-25-26-27-28-29-37-43-49-55-61-67-73-88(93)106-85(78-100-87(92)72-66-60-54-48-42-36-33-31-35-40-46-52-58-64-70-82(6)9-3)80-104-108(97,98)102-76-83(90)75-101-107(95,96)103-79-84(77-99-86(91)71-65-59-53-47-41-21-19-17-15-13-11-8-2)105-89(94)74-68-62-56-50-44-38-32-30-34-39-45-51-57-63-69-81(4)5/h81-85,90H,7-80H2,1-6H3,(H,95,96)(H,97,98)/t82?,83-,84+,85+/m0/s1. The van der Waals surface area contributed by atoms with E-state index >= 15 is 0 Å². The second-order valence-electron chi connectivity index (χ2n) is 32.7. The highest BCUT2D eigenvalue weighted by molar-refractivity contribution is 7.47. The second kappa shape index (κ2) is 80.3. The van der Waals surface area contributed by atoms with Gasteiger partial charge in [-0.2, -0.15) is 0 Å². The molecule has 0 saturated carbocycles. The van der Waals surface area contributed by atoms with Gasteiger partial charge in [0.25, 0.3) is 0 Å². The molecule has 0 radical (unpaired) electrons. The van der Waals surface area contributed by atoms with Gasteiger partial charge in [-0.25, -0.2) is 9.13 Å². The van der Waals surface area contributed by atoms with Gasteiger partial charge in [0, 0.05) is 25.7 Å². The van der Waals surface area contributed by atoms with E-state index in [9.17, 15) is 43.2 Å². The van der Waals surface area contributed by atoms with Crippen LogP contribution in [0, 0.1) is 11.8 Å². The highest BCUT2D eigenvalue weighted by Crippen LogP contribution is 2.45. The van der Waals surface area contributed by atoms with Crippen molar-refractivity contribution in [1.82, 2.24) is 0 Å². The van der Waals surface area contributed by atoms with Gasteiger partial charge in [0.15, 0.2) is 12.2 Å². The van der Waals surface area contributed by atoms with E-state index in [1.807, 2.05) is 0 Å². The molecule has 0 aliphatic heterocycles. The summed E-state index contributed by atoms with van der Waals surface area (Å²) in [6.45, 7) is 9.77.